The minimum Gasteiger partial charge on any atom is -0.480 e. The summed E-state index contributed by atoms with van der Waals surface area (Å²) >= 11 is 0. The second-order valence-corrected chi connectivity index (χ2v) is 3.96. The van der Waals surface area contributed by atoms with Crippen LogP contribution in [0.1, 0.15) is 23.8 Å². The number of hydrogen-bond acceptors (Lipinski definition) is 3. The highest BCUT2D eigenvalue weighted by Gasteiger charge is 2.15. The molecule has 0 fully saturated rings. The van der Waals surface area contributed by atoms with Gasteiger partial charge in [-0.05, 0) is 19.1 Å². The van der Waals surface area contributed by atoms with Gasteiger partial charge in [-0.25, -0.2) is 0 Å². The topological polar surface area (TPSA) is 114 Å². The molecule has 0 aliphatic heterocycles. The molecule has 0 aromatic carbocycles. The maximum absolute atomic E-state index is 11.8. The van der Waals surface area contributed by atoms with E-state index >= 15 is 0 Å². The maximum atomic E-state index is 11.8. The number of nitrogens with one attached hydrogen (secondary N) is 1. The number of nitrogens with two attached hydrogens (primary N) is 1. The van der Waals surface area contributed by atoms with Crippen molar-refractivity contribution in [2.75, 3.05) is 0 Å². The first-order chi connectivity index (χ1) is 8.40. The van der Waals surface area contributed by atoms with Gasteiger partial charge in [-0.2, -0.15) is 0 Å². The van der Waals surface area contributed by atoms with E-state index in [9.17, 15) is 14.4 Å². The van der Waals surface area contributed by atoms with Gasteiger partial charge in [0.15, 0.2) is 0 Å². The summed E-state index contributed by atoms with van der Waals surface area (Å²) in [5, 5.41) is 11.3. The predicted molar refractivity (Wildman–Crippen MR) is 62.8 cm³/mol. The third kappa shape index (κ3) is 3.93. The Morgan fingerprint density at radius 1 is 1.50 bits per heavy atom. The molecule has 0 radical (unpaired) electrons. The third-order valence-electron chi connectivity index (χ3n) is 2.25. The normalized spacial score (nSPS) is 11.8. The Labute approximate surface area is 104 Å². The molecule has 1 rings (SSSR count). The molecule has 1 atom stereocenters. The van der Waals surface area contributed by atoms with Crippen molar-refractivity contribution in [3.8, 4) is 0 Å². The molecule has 1 aromatic rings. The lowest BCUT2D eigenvalue weighted by molar-refractivity contribution is -0.137. The second kappa shape index (κ2) is 5.85. The maximum Gasteiger partial charge on any atom is 0.323 e. The summed E-state index contributed by atoms with van der Waals surface area (Å²) < 4.78 is 1.31. The predicted octanol–water partition coefficient (Wildman–Crippen LogP) is -0.434. The van der Waals surface area contributed by atoms with E-state index in [1.54, 1.807) is 13.0 Å². The molecule has 0 bridgehead atoms. The van der Waals surface area contributed by atoms with E-state index in [0.29, 0.717) is 0 Å². The highest BCUT2D eigenvalue weighted by atomic mass is 16.4. The van der Waals surface area contributed by atoms with Crippen LogP contribution in [-0.4, -0.2) is 33.5 Å². The van der Waals surface area contributed by atoms with Gasteiger partial charge in [0.2, 0.25) is 5.91 Å². The van der Waals surface area contributed by atoms with Crippen LogP contribution in [0.2, 0.25) is 0 Å². The summed E-state index contributed by atoms with van der Waals surface area (Å²) in [6, 6.07) is 2.69. The van der Waals surface area contributed by atoms with Crippen molar-refractivity contribution in [2.45, 2.75) is 25.9 Å². The first-order valence-electron chi connectivity index (χ1n) is 5.36. The van der Waals surface area contributed by atoms with Crippen LogP contribution in [0.4, 0.5) is 0 Å². The number of carboxylic acids is 1. The summed E-state index contributed by atoms with van der Waals surface area (Å²) in [7, 11) is 0. The van der Waals surface area contributed by atoms with Gasteiger partial charge in [0, 0.05) is 18.7 Å². The number of carbonyl (C=O) groups is 3. The molecule has 1 unspecified atom stereocenters. The lowest BCUT2D eigenvalue weighted by atomic mass is 10.2. The van der Waals surface area contributed by atoms with Crippen molar-refractivity contribution >= 4 is 17.8 Å². The van der Waals surface area contributed by atoms with E-state index in [4.69, 9.17) is 10.8 Å². The molecule has 0 saturated heterocycles. The van der Waals surface area contributed by atoms with Gasteiger partial charge in [0.1, 0.15) is 12.2 Å². The average Bonchev–Trinajstić information content (AvgIpc) is 2.62. The van der Waals surface area contributed by atoms with Gasteiger partial charge in [-0.1, -0.05) is 0 Å². The Morgan fingerprint density at radius 3 is 2.72 bits per heavy atom. The number of aliphatic carboxylic acids is 1. The van der Waals surface area contributed by atoms with Crippen LogP contribution >= 0.6 is 0 Å². The summed E-state index contributed by atoms with van der Waals surface area (Å²) in [5.41, 5.74) is 5.24. The SMILES string of the molecule is CC(CC(N)=O)NC(=O)c1cccn1CC(=O)O. The van der Waals surface area contributed by atoms with Gasteiger partial charge in [0.05, 0.1) is 0 Å². The van der Waals surface area contributed by atoms with E-state index < -0.39 is 23.8 Å². The van der Waals surface area contributed by atoms with Crippen LogP contribution in [0.25, 0.3) is 0 Å². The molecular formula is C11H15N3O4. The molecule has 2 amide bonds. The van der Waals surface area contributed by atoms with Crippen LogP contribution in [0.15, 0.2) is 18.3 Å². The standard InChI is InChI=1S/C11H15N3O4/c1-7(5-9(12)15)13-11(18)8-3-2-4-14(8)6-10(16)17/h2-4,7H,5-6H2,1H3,(H2,12,15)(H,13,18)(H,16,17). The van der Waals surface area contributed by atoms with E-state index in [2.05, 4.69) is 5.32 Å². The lowest BCUT2D eigenvalue weighted by Crippen LogP contribution is -2.36. The molecule has 0 spiro atoms. The zero-order valence-corrected chi connectivity index (χ0v) is 9.92. The van der Waals surface area contributed by atoms with E-state index in [0.717, 1.165) is 0 Å². The first kappa shape index (κ1) is 13.8. The van der Waals surface area contributed by atoms with Gasteiger partial charge < -0.3 is 20.7 Å². The van der Waals surface area contributed by atoms with Crippen LogP contribution in [0.3, 0.4) is 0 Å². The Balaban J connectivity index is 2.69. The van der Waals surface area contributed by atoms with Crippen molar-refractivity contribution in [3.05, 3.63) is 24.0 Å². The van der Waals surface area contributed by atoms with Crippen molar-refractivity contribution in [3.63, 3.8) is 0 Å². The van der Waals surface area contributed by atoms with E-state index in [1.807, 2.05) is 0 Å². The Hall–Kier alpha value is -2.31. The molecule has 18 heavy (non-hydrogen) atoms. The summed E-state index contributed by atoms with van der Waals surface area (Å²) in [6.45, 7) is 1.35. The van der Waals surface area contributed by atoms with Crippen molar-refractivity contribution < 1.29 is 19.5 Å². The molecule has 1 heterocycles. The Kier molecular flexibility index (Phi) is 4.47. The van der Waals surface area contributed by atoms with Gasteiger partial charge in [-0.15, -0.1) is 0 Å². The number of carbonyl (C=O) groups excluding carboxylic acids is 2. The smallest absolute Gasteiger partial charge is 0.323 e. The van der Waals surface area contributed by atoms with Gasteiger partial charge >= 0.3 is 5.97 Å². The molecule has 7 nitrogen and oxygen atoms in total. The molecule has 0 aliphatic rings. The molecule has 98 valence electrons. The highest BCUT2D eigenvalue weighted by molar-refractivity contribution is 5.93. The van der Waals surface area contributed by atoms with Crippen molar-refractivity contribution in [1.82, 2.24) is 9.88 Å². The number of carboxylic acid groups (broad SMARTS) is 1. The van der Waals surface area contributed by atoms with Crippen LogP contribution in [0.5, 0.6) is 0 Å². The lowest BCUT2D eigenvalue weighted by Gasteiger charge is -2.13. The molecule has 0 saturated carbocycles. The van der Waals surface area contributed by atoms with Gasteiger partial charge in [-0.3, -0.25) is 14.4 Å². The number of amides is 2. The van der Waals surface area contributed by atoms with Crippen LogP contribution in [0, 0.1) is 0 Å². The minimum atomic E-state index is -1.04. The molecule has 0 aliphatic carbocycles. The zero-order chi connectivity index (χ0) is 13.7. The second-order valence-electron chi connectivity index (χ2n) is 3.96. The third-order valence-corrected chi connectivity index (χ3v) is 2.25. The fraction of sp³-hybridized carbons (Fsp3) is 0.364. The van der Waals surface area contributed by atoms with E-state index in [1.165, 1.54) is 16.8 Å². The summed E-state index contributed by atoms with van der Waals surface area (Å²) in [4.78, 5) is 33.1. The number of nitrogens with zero attached hydrogens (tertiary/aromatic N) is 1. The minimum absolute atomic E-state index is 0.0331. The van der Waals surface area contributed by atoms with Crippen molar-refractivity contribution in [2.24, 2.45) is 5.73 Å². The molecule has 4 N–H and O–H groups in total. The highest BCUT2D eigenvalue weighted by Crippen LogP contribution is 2.03. The summed E-state index contributed by atoms with van der Waals surface area (Å²) in [6.07, 6.45) is 1.53. The Morgan fingerprint density at radius 2 is 2.17 bits per heavy atom. The van der Waals surface area contributed by atoms with Crippen LogP contribution in [-0.2, 0) is 16.1 Å². The fourth-order valence-electron chi connectivity index (χ4n) is 1.55. The molecule has 1 aromatic heterocycles. The quantitative estimate of drug-likeness (QED) is 0.637. The number of aromatic nitrogens is 1. The largest absolute Gasteiger partial charge is 0.480 e. The van der Waals surface area contributed by atoms with Crippen LogP contribution < -0.4 is 11.1 Å². The summed E-state index contributed by atoms with van der Waals surface area (Å²) in [5.74, 6) is -1.98. The molecular weight excluding hydrogens is 238 g/mol. The van der Waals surface area contributed by atoms with E-state index in [-0.39, 0.29) is 18.7 Å². The first-order valence-corrected chi connectivity index (χ1v) is 5.36. The van der Waals surface area contributed by atoms with Crippen molar-refractivity contribution in [1.29, 1.82) is 0 Å². The number of rotatable bonds is 6. The fourth-order valence-corrected chi connectivity index (χ4v) is 1.55. The number of primary amides is 1. The van der Waals surface area contributed by atoms with Gasteiger partial charge in [0.25, 0.3) is 5.91 Å². The molecule has 7 heteroatoms. The zero-order valence-electron chi connectivity index (χ0n) is 9.92. The number of hydrogen-bond donors (Lipinski definition) is 3. The Bertz CT molecular complexity index is 467. The monoisotopic (exact) mass is 253 g/mol. The average molecular weight is 253 g/mol.